The summed E-state index contributed by atoms with van der Waals surface area (Å²) in [5.41, 5.74) is 4.06. The number of nitrogens with zero attached hydrogens (tertiary/aromatic N) is 6. The molecule has 166 valence electrons. The number of tetrazole rings is 1. The number of aromatic amines is 1. The Morgan fingerprint density at radius 2 is 1.69 bits per heavy atom. The molecular weight excluding hydrogens is 402 g/mol. The van der Waals surface area contributed by atoms with Gasteiger partial charge in [-0.3, -0.25) is 4.57 Å². The topological polar surface area (TPSA) is 94.3 Å². The molecule has 0 aliphatic heterocycles. The van der Waals surface area contributed by atoms with Crippen molar-refractivity contribution in [2.24, 2.45) is 0 Å². The molecule has 0 bridgehead atoms. The van der Waals surface area contributed by atoms with E-state index in [2.05, 4.69) is 71.7 Å². The fourth-order valence-electron chi connectivity index (χ4n) is 3.77. The van der Waals surface area contributed by atoms with Crippen LogP contribution < -0.4 is 5.69 Å². The standard InChI is InChI=1S/C24H29N7O/c1-5-16(3)23-27-31(17(4)6-2)24(32)30(23)15-18-11-13-19(14-12-18)20-9-7-8-10-21(20)22-25-28-29-26-22/h7-14,16-17H,5-6,15H2,1-4H3,(H,25,26,28,29). The third kappa shape index (κ3) is 4.12. The van der Waals surface area contributed by atoms with Crippen molar-refractivity contribution < 1.29 is 0 Å². The van der Waals surface area contributed by atoms with E-state index < -0.39 is 0 Å². The fourth-order valence-corrected chi connectivity index (χ4v) is 3.77. The molecule has 1 N–H and O–H groups in total. The van der Waals surface area contributed by atoms with Gasteiger partial charge >= 0.3 is 5.69 Å². The molecule has 8 nitrogen and oxygen atoms in total. The first-order valence-corrected chi connectivity index (χ1v) is 11.1. The van der Waals surface area contributed by atoms with Gasteiger partial charge in [-0.1, -0.05) is 69.3 Å². The minimum Gasteiger partial charge on any atom is -0.274 e. The van der Waals surface area contributed by atoms with E-state index in [-0.39, 0.29) is 17.6 Å². The Labute approximate surface area is 187 Å². The Hall–Kier alpha value is -3.55. The lowest BCUT2D eigenvalue weighted by Crippen LogP contribution is -2.28. The number of benzene rings is 2. The second-order valence-electron chi connectivity index (χ2n) is 8.23. The molecule has 0 fully saturated rings. The van der Waals surface area contributed by atoms with Crippen LogP contribution in [0.4, 0.5) is 0 Å². The molecule has 2 aromatic heterocycles. The molecule has 8 heteroatoms. The lowest BCUT2D eigenvalue weighted by molar-refractivity contribution is 0.454. The highest BCUT2D eigenvalue weighted by atomic mass is 16.2. The van der Waals surface area contributed by atoms with E-state index in [4.69, 9.17) is 5.10 Å². The minimum absolute atomic E-state index is 0.0399. The zero-order valence-electron chi connectivity index (χ0n) is 19.0. The Bertz CT molecular complexity index is 1220. The quantitative estimate of drug-likeness (QED) is 0.445. The molecule has 0 aliphatic carbocycles. The molecule has 0 saturated heterocycles. The van der Waals surface area contributed by atoms with Crippen molar-refractivity contribution in [2.45, 2.75) is 59.0 Å². The molecule has 0 saturated carbocycles. The van der Waals surface area contributed by atoms with Gasteiger partial charge in [0, 0.05) is 11.5 Å². The van der Waals surface area contributed by atoms with Crippen molar-refractivity contribution in [1.29, 1.82) is 0 Å². The average molecular weight is 432 g/mol. The van der Waals surface area contributed by atoms with Crippen molar-refractivity contribution >= 4 is 0 Å². The van der Waals surface area contributed by atoms with E-state index in [9.17, 15) is 4.79 Å². The van der Waals surface area contributed by atoms with Crippen LogP contribution in [0.3, 0.4) is 0 Å². The predicted molar refractivity (Wildman–Crippen MR) is 124 cm³/mol. The smallest absolute Gasteiger partial charge is 0.274 e. The summed E-state index contributed by atoms with van der Waals surface area (Å²) in [6.45, 7) is 8.86. The predicted octanol–water partition coefficient (Wildman–Crippen LogP) is 4.42. The van der Waals surface area contributed by atoms with Crippen molar-refractivity contribution in [3.8, 4) is 22.5 Å². The molecular formula is C24H29N7O. The summed E-state index contributed by atoms with van der Waals surface area (Å²) >= 11 is 0. The number of rotatable bonds is 8. The summed E-state index contributed by atoms with van der Waals surface area (Å²) in [6, 6.07) is 16.4. The lowest BCUT2D eigenvalue weighted by atomic mass is 9.98. The summed E-state index contributed by atoms with van der Waals surface area (Å²) in [4.78, 5) is 13.1. The molecule has 0 radical (unpaired) electrons. The highest BCUT2D eigenvalue weighted by Gasteiger charge is 2.20. The van der Waals surface area contributed by atoms with Crippen LogP contribution in [0.2, 0.25) is 0 Å². The van der Waals surface area contributed by atoms with Crippen LogP contribution in [0.5, 0.6) is 0 Å². The third-order valence-corrected chi connectivity index (χ3v) is 6.11. The normalized spacial score (nSPS) is 13.2. The summed E-state index contributed by atoms with van der Waals surface area (Å²) in [7, 11) is 0. The summed E-state index contributed by atoms with van der Waals surface area (Å²) < 4.78 is 3.46. The van der Waals surface area contributed by atoms with Gasteiger partial charge in [0.25, 0.3) is 0 Å². The first kappa shape index (κ1) is 21.7. The Morgan fingerprint density at radius 3 is 2.31 bits per heavy atom. The van der Waals surface area contributed by atoms with Crippen molar-refractivity contribution in [1.82, 2.24) is 35.0 Å². The Balaban J connectivity index is 1.66. The maximum Gasteiger partial charge on any atom is 0.346 e. The van der Waals surface area contributed by atoms with Crippen LogP contribution in [-0.2, 0) is 6.54 Å². The van der Waals surface area contributed by atoms with E-state index >= 15 is 0 Å². The number of H-pyrrole nitrogens is 1. The molecule has 2 atom stereocenters. The van der Waals surface area contributed by atoms with Gasteiger partial charge in [-0.2, -0.15) is 5.10 Å². The van der Waals surface area contributed by atoms with Crippen LogP contribution in [0.1, 0.15) is 63.9 Å². The summed E-state index contributed by atoms with van der Waals surface area (Å²) in [6.07, 6.45) is 1.80. The summed E-state index contributed by atoms with van der Waals surface area (Å²) in [5.74, 6) is 1.70. The van der Waals surface area contributed by atoms with Gasteiger partial charge in [0.15, 0.2) is 5.82 Å². The highest BCUT2D eigenvalue weighted by molar-refractivity contribution is 5.80. The average Bonchev–Trinajstić information content (AvgIpc) is 3.48. The van der Waals surface area contributed by atoms with Crippen molar-refractivity contribution in [3.05, 3.63) is 70.4 Å². The monoisotopic (exact) mass is 431 g/mol. The maximum absolute atomic E-state index is 13.1. The molecule has 4 rings (SSSR count). The van der Waals surface area contributed by atoms with E-state index in [0.29, 0.717) is 12.4 Å². The number of hydrogen-bond acceptors (Lipinski definition) is 5. The molecule has 0 spiro atoms. The van der Waals surface area contributed by atoms with E-state index in [1.807, 2.05) is 29.7 Å². The van der Waals surface area contributed by atoms with Gasteiger partial charge in [0.2, 0.25) is 0 Å². The van der Waals surface area contributed by atoms with Crippen LogP contribution in [0.25, 0.3) is 22.5 Å². The molecule has 0 amide bonds. The summed E-state index contributed by atoms with van der Waals surface area (Å²) in [5, 5.41) is 19.0. The zero-order valence-corrected chi connectivity index (χ0v) is 19.0. The Morgan fingerprint density at radius 1 is 0.969 bits per heavy atom. The molecule has 32 heavy (non-hydrogen) atoms. The second kappa shape index (κ2) is 9.30. The molecule has 4 aromatic rings. The molecule has 0 aliphatic rings. The van der Waals surface area contributed by atoms with Gasteiger partial charge < -0.3 is 0 Å². The van der Waals surface area contributed by atoms with E-state index in [1.165, 1.54) is 0 Å². The van der Waals surface area contributed by atoms with Gasteiger partial charge in [0.05, 0.1) is 12.6 Å². The SMILES string of the molecule is CCC(C)c1nn(C(C)CC)c(=O)n1Cc1ccc(-c2ccccc2-c2nnn[nH]2)cc1. The zero-order chi connectivity index (χ0) is 22.7. The van der Waals surface area contributed by atoms with Crippen LogP contribution in [-0.4, -0.2) is 35.0 Å². The first-order valence-electron chi connectivity index (χ1n) is 11.1. The fraction of sp³-hybridized carbons (Fsp3) is 0.375. The maximum atomic E-state index is 13.1. The van der Waals surface area contributed by atoms with Crippen molar-refractivity contribution in [3.63, 3.8) is 0 Å². The highest BCUT2D eigenvalue weighted by Crippen LogP contribution is 2.30. The van der Waals surface area contributed by atoms with Gasteiger partial charge in [0.1, 0.15) is 5.82 Å². The number of hydrogen-bond donors (Lipinski definition) is 1. The second-order valence-corrected chi connectivity index (χ2v) is 8.23. The molecule has 2 unspecified atom stereocenters. The number of aromatic nitrogens is 7. The van der Waals surface area contributed by atoms with Gasteiger partial charge in [-0.25, -0.2) is 14.6 Å². The molecule has 2 heterocycles. The lowest BCUT2D eigenvalue weighted by Gasteiger charge is -2.11. The third-order valence-electron chi connectivity index (χ3n) is 6.11. The van der Waals surface area contributed by atoms with Gasteiger partial charge in [-0.05, 0) is 46.9 Å². The van der Waals surface area contributed by atoms with E-state index in [0.717, 1.165) is 40.9 Å². The minimum atomic E-state index is -0.0399. The molecule has 2 aromatic carbocycles. The van der Waals surface area contributed by atoms with Crippen LogP contribution in [0, 0.1) is 0 Å². The van der Waals surface area contributed by atoms with Crippen molar-refractivity contribution in [2.75, 3.05) is 0 Å². The van der Waals surface area contributed by atoms with Gasteiger partial charge in [-0.15, -0.1) is 5.10 Å². The van der Waals surface area contributed by atoms with E-state index in [1.54, 1.807) is 4.68 Å². The van der Waals surface area contributed by atoms with Crippen LogP contribution >= 0.6 is 0 Å². The van der Waals surface area contributed by atoms with Crippen LogP contribution in [0.15, 0.2) is 53.3 Å². The Kier molecular flexibility index (Phi) is 6.30. The first-order chi connectivity index (χ1) is 15.5. The number of nitrogens with one attached hydrogen (secondary N) is 1. The largest absolute Gasteiger partial charge is 0.346 e.